The SMILES string of the molecule is C=C.CCCC1CCC(Cc2cccc(C=O)c2)CC1.CCOC(C)OCC. The largest absolute Gasteiger partial charge is 0.353 e. The lowest BCUT2D eigenvalue weighted by molar-refractivity contribution is -0.123. The van der Waals surface area contributed by atoms with Gasteiger partial charge in [0.2, 0.25) is 0 Å². The summed E-state index contributed by atoms with van der Waals surface area (Å²) in [5.41, 5.74) is 2.14. The summed E-state index contributed by atoms with van der Waals surface area (Å²) in [6.45, 7) is 15.5. The molecule has 0 bridgehead atoms. The van der Waals surface area contributed by atoms with Crippen LogP contribution in [-0.4, -0.2) is 25.8 Å². The zero-order valence-electron chi connectivity index (χ0n) is 18.6. The summed E-state index contributed by atoms with van der Waals surface area (Å²) in [6, 6.07) is 8.09. The molecule has 0 aliphatic heterocycles. The summed E-state index contributed by atoms with van der Waals surface area (Å²) >= 11 is 0. The van der Waals surface area contributed by atoms with Crippen molar-refractivity contribution in [1.82, 2.24) is 0 Å². The van der Waals surface area contributed by atoms with Gasteiger partial charge in [-0.15, -0.1) is 13.2 Å². The molecule has 0 unspecified atom stereocenters. The van der Waals surface area contributed by atoms with Gasteiger partial charge < -0.3 is 9.47 Å². The predicted octanol–water partition coefficient (Wildman–Crippen LogP) is 6.86. The van der Waals surface area contributed by atoms with Gasteiger partial charge in [-0.1, -0.05) is 50.8 Å². The lowest BCUT2D eigenvalue weighted by Gasteiger charge is -2.28. The quantitative estimate of drug-likeness (QED) is 0.262. The van der Waals surface area contributed by atoms with Crippen molar-refractivity contribution in [1.29, 1.82) is 0 Å². The van der Waals surface area contributed by atoms with Gasteiger partial charge in [0, 0.05) is 18.8 Å². The number of carbonyl (C=O) groups is 1. The summed E-state index contributed by atoms with van der Waals surface area (Å²) in [4.78, 5) is 10.8. The molecular formula is C25H42O3. The summed E-state index contributed by atoms with van der Waals surface area (Å²) in [5.74, 6) is 1.81. The van der Waals surface area contributed by atoms with Crippen molar-refractivity contribution in [2.45, 2.75) is 78.9 Å². The summed E-state index contributed by atoms with van der Waals surface area (Å²) in [6.07, 6.45) is 10.4. The van der Waals surface area contributed by atoms with E-state index in [1.165, 1.54) is 44.1 Å². The highest BCUT2D eigenvalue weighted by atomic mass is 16.7. The van der Waals surface area contributed by atoms with Gasteiger partial charge in [-0.05, 0) is 63.5 Å². The van der Waals surface area contributed by atoms with Crippen molar-refractivity contribution in [2.75, 3.05) is 13.2 Å². The number of hydrogen-bond acceptors (Lipinski definition) is 3. The Balaban J connectivity index is 0.000000618. The summed E-state index contributed by atoms with van der Waals surface area (Å²) in [5, 5.41) is 0. The molecule has 1 aliphatic rings. The van der Waals surface area contributed by atoms with Gasteiger partial charge in [0.15, 0.2) is 6.29 Å². The van der Waals surface area contributed by atoms with Crippen molar-refractivity contribution in [3.05, 3.63) is 48.6 Å². The molecule has 0 atom stereocenters. The molecule has 0 heterocycles. The highest BCUT2D eigenvalue weighted by Gasteiger charge is 2.20. The van der Waals surface area contributed by atoms with Crippen molar-refractivity contribution >= 4 is 6.29 Å². The lowest BCUT2D eigenvalue weighted by atomic mass is 9.78. The topological polar surface area (TPSA) is 35.5 Å². The van der Waals surface area contributed by atoms with E-state index in [0.717, 1.165) is 43.3 Å². The van der Waals surface area contributed by atoms with E-state index < -0.39 is 0 Å². The molecule has 0 spiro atoms. The van der Waals surface area contributed by atoms with E-state index in [9.17, 15) is 4.79 Å². The minimum atomic E-state index is -0.0370. The maximum Gasteiger partial charge on any atom is 0.154 e. The monoisotopic (exact) mass is 390 g/mol. The van der Waals surface area contributed by atoms with Crippen molar-refractivity contribution in [3.63, 3.8) is 0 Å². The molecule has 3 heteroatoms. The van der Waals surface area contributed by atoms with Gasteiger partial charge in [-0.25, -0.2) is 0 Å². The van der Waals surface area contributed by atoms with E-state index >= 15 is 0 Å². The molecule has 1 aliphatic carbocycles. The van der Waals surface area contributed by atoms with Crippen molar-refractivity contribution in [3.8, 4) is 0 Å². The fourth-order valence-electron chi connectivity index (χ4n) is 3.78. The molecule has 1 aromatic rings. The minimum Gasteiger partial charge on any atom is -0.353 e. The Labute approximate surface area is 173 Å². The third-order valence-electron chi connectivity index (χ3n) is 5.08. The van der Waals surface area contributed by atoms with E-state index in [1.807, 2.05) is 39.0 Å². The van der Waals surface area contributed by atoms with E-state index in [0.29, 0.717) is 0 Å². The van der Waals surface area contributed by atoms with Crippen LogP contribution in [0, 0.1) is 11.8 Å². The van der Waals surface area contributed by atoms with Gasteiger partial charge >= 0.3 is 0 Å². The second kappa shape index (κ2) is 17.6. The first-order chi connectivity index (χ1) is 13.6. The van der Waals surface area contributed by atoms with Crippen LogP contribution in [0.1, 0.15) is 82.1 Å². The number of rotatable bonds is 9. The van der Waals surface area contributed by atoms with Crippen LogP contribution in [0.3, 0.4) is 0 Å². The zero-order chi connectivity index (χ0) is 21.2. The van der Waals surface area contributed by atoms with Crippen LogP contribution in [0.5, 0.6) is 0 Å². The molecule has 0 N–H and O–H groups in total. The normalized spacial score (nSPS) is 18.5. The van der Waals surface area contributed by atoms with Crippen LogP contribution >= 0.6 is 0 Å². The zero-order valence-corrected chi connectivity index (χ0v) is 18.6. The maximum absolute atomic E-state index is 10.8. The van der Waals surface area contributed by atoms with Crippen molar-refractivity contribution in [2.24, 2.45) is 11.8 Å². The molecule has 0 radical (unpaired) electrons. The molecule has 28 heavy (non-hydrogen) atoms. The Kier molecular flexibility index (Phi) is 16.7. The molecule has 0 amide bonds. The standard InChI is InChI=1S/C17H24O.C6H14O2.C2H4/c1-2-4-14-7-9-15(10-8-14)11-16-5-3-6-17(12-16)13-18;1-4-7-6(3)8-5-2;1-2/h3,5-6,12-15H,2,4,7-11H2,1H3;6H,4-5H2,1-3H3;1-2H2. The third-order valence-corrected chi connectivity index (χ3v) is 5.08. The van der Waals surface area contributed by atoms with Gasteiger partial charge in [0.05, 0.1) is 0 Å². The first kappa shape index (κ1) is 26.6. The molecule has 160 valence electrons. The van der Waals surface area contributed by atoms with Gasteiger partial charge in [0.1, 0.15) is 6.29 Å². The van der Waals surface area contributed by atoms with Crippen molar-refractivity contribution < 1.29 is 14.3 Å². The van der Waals surface area contributed by atoms with E-state index in [2.05, 4.69) is 26.1 Å². The predicted molar refractivity (Wildman–Crippen MR) is 120 cm³/mol. The number of hydrogen-bond donors (Lipinski definition) is 0. The van der Waals surface area contributed by atoms with Crippen LogP contribution in [0.25, 0.3) is 0 Å². The first-order valence-corrected chi connectivity index (χ1v) is 10.9. The van der Waals surface area contributed by atoms with Crippen LogP contribution < -0.4 is 0 Å². The number of carbonyl (C=O) groups excluding carboxylic acids is 1. The highest BCUT2D eigenvalue weighted by molar-refractivity contribution is 5.74. The molecule has 1 aromatic carbocycles. The number of aldehydes is 1. The van der Waals surface area contributed by atoms with Crippen LogP contribution in [0.4, 0.5) is 0 Å². The van der Waals surface area contributed by atoms with Crippen LogP contribution in [-0.2, 0) is 15.9 Å². The van der Waals surface area contributed by atoms with E-state index in [4.69, 9.17) is 9.47 Å². The Bertz CT molecular complexity index is 486. The first-order valence-electron chi connectivity index (χ1n) is 10.9. The van der Waals surface area contributed by atoms with E-state index in [-0.39, 0.29) is 6.29 Å². The molecular weight excluding hydrogens is 348 g/mol. The van der Waals surface area contributed by atoms with Gasteiger partial charge in [-0.2, -0.15) is 0 Å². The number of ether oxygens (including phenoxy) is 2. The Morgan fingerprint density at radius 1 is 1.04 bits per heavy atom. The summed E-state index contributed by atoms with van der Waals surface area (Å²) < 4.78 is 10.1. The third kappa shape index (κ3) is 12.1. The number of benzene rings is 1. The second-order valence-corrected chi connectivity index (χ2v) is 7.22. The second-order valence-electron chi connectivity index (χ2n) is 7.22. The molecule has 0 saturated heterocycles. The molecule has 2 rings (SSSR count). The van der Waals surface area contributed by atoms with E-state index in [1.54, 1.807) is 0 Å². The smallest absolute Gasteiger partial charge is 0.154 e. The fraction of sp³-hybridized carbons (Fsp3) is 0.640. The lowest BCUT2D eigenvalue weighted by Crippen LogP contribution is -2.16. The fourth-order valence-corrected chi connectivity index (χ4v) is 3.78. The molecule has 1 fully saturated rings. The highest BCUT2D eigenvalue weighted by Crippen LogP contribution is 2.33. The average molecular weight is 391 g/mol. The maximum atomic E-state index is 10.8. The minimum absolute atomic E-state index is 0.0370. The van der Waals surface area contributed by atoms with Gasteiger partial charge in [0.25, 0.3) is 0 Å². The molecule has 0 aromatic heterocycles. The Hall–Kier alpha value is -1.45. The average Bonchev–Trinajstić information content (AvgIpc) is 2.72. The Morgan fingerprint density at radius 2 is 1.61 bits per heavy atom. The van der Waals surface area contributed by atoms with Crippen LogP contribution in [0.2, 0.25) is 0 Å². The molecule has 1 saturated carbocycles. The van der Waals surface area contributed by atoms with Gasteiger partial charge in [-0.3, -0.25) is 4.79 Å². The summed E-state index contributed by atoms with van der Waals surface area (Å²) in [7, 11) is 0. The Morgan fingerprint density at radius 3 is 2.11 bits per heavy atom. The van der Waals surface area contributed by atoms with Crippen LogP contribution in [0.15, 0.2) is 37.4 Å². The molecule has 3 nitrogen and oxygen atoms in total.